The van der Waals surface area contributed by atoms with Crippen LogP contribution < -0.4 is 10.6 Å². The number of carbonyl (C=O) groups is 2. The maximum absolute atomic E-state index is 12.9. The summed E-state index contributed by atoms with van der Waals surface area (Å²) in [6, 6.07) is 52.6. The first-order valence-corrected chi connectivity index (χ1v) is 23.1. The first-order valence-electron chi connectivity index (χ1n) is 22.3. The molecule has 342 valence electrons. The van der Waals surface area contributed by atoms with E-state index >= 15 is 0 Å². The summed E-state index contributed by atoms with van der Waals surface area (Å²) in [7, 11) is 0. The summed E-state index contributed by atoms with van der Waals surface area (Å²) in [5.41, 5.74) is 12.8. The molecule has 8 aromatic carbocycles. The highest BCUT2D eigenvalue weighted by molar-refractivity contribution is 6.32. The lowest BCUT2D eigenvalue weighted by Crippen LogP contribution is -1.99. The van der Waals surface area contributed by atoms with Crippen molar-refractivity contribution in [3.05, 3.63) is 241 Å². The van der Waals surface area contributed by atoms with Crippen molar-refractivity contribution in [2.75, 3.05) is 10.6 Å². The summed E-state index contributed by atoms with van der Waals surface area (Å²) in [6.45, 7) is 6.14. The van der Waals surface area contributed by atoms with Gasteiger partial charge in [0.15, 0.2) is 11.6 Å². The van der Waals surface area contributed by atoms with E-state index in [1.54, 1.807) is 36.4 Å². The van der Waals surface area contributed by atoms with E-state index in [0.717, 1.165) is 83.1 Å². The predicted octanol–water partition coefficient (Wildman–Crippen LogP) is 16.2. The van der Waals surface area contributed by atoms with Crippen molar-refractivity contribution in [2.24, 2.45) is 0 Å². The van der Waals surface area contributed by atoms with Gasteiger partial charge in [-0.25, -0.2) is 9.97 Å². The minimum Gasteiger partial charge on any atom is -0.354 e. The number of nitro groups is 1. The zero-order valence-electron chi connectivity index (χ0n) is 38.2. The van der Waals surface area contributed by atoms with Crippen LogP contribution in [0.25, 0.3) is 55.8 Å². The van der Waals surface area contributed by atoms with E-state index in [1.165, 1.54) is 23.8 Å². The van der Waals surface area contributed by atoms with Crippen LogP contribution in [0, 0.1) is 30.9 Å². The van der Waals surface area contributed by atoms with Gasteiger partial charge in [0.1, 0.15) is 0 Å². The van der Waals surface area contributed by atoms with Crippen molar-refractivity contribution in [3.63, 3.8) is 0 Å². The number of rotatable bonds is 11. The lowest BCUT2D eigenvalue weighted by molar-refractivity contribution is -0.384. The Labute approximate surface area is 413 Å². The zero-order chi connectivity index (χ0) is 48.9. The molecule has 0 amide bonds. The number of halogens is 2. The molecule has 0 atom stereocenters. The largest absolute Gasteiger partial charge is 0.354 e. The molecule has 0 aliphatic carbocycles. The smallest absolute Gasteiger partial charge is 0.270 e. The van der Waals surface area contributed by atoms with Crippen molar-refractivity contribution in [1.82, 2.24) is 9.97 Å². The van der Waals surface area contributed by atoms with Crippen molar-refractivity contribution in [2.45, 2.75) is 20.8 Å². The van der Waals surface area contributed by atoms with Crippen LogP contribution in [0.1, 0.15) is 48.5 Å². The number of fused-ring (bicyclic) bond motifs is 4. The minimum atomic E-state index is -0.462. The molecule has 2 N–H and O–H groups in total. The number of aromatic nitrogens is 2. The standard InChI is InChI=1S/C30H23ClN2O.C29H20ClN3O3/c1-19-6-9-21(10-7-19)11-15-29(34)22-4-3-5-24(17-22)32-30-25-13-12-23(31)18-28(25)33-27-14-8-20(2)16-26(27)30;1-18-8-12-26-25(14-18)29(24-11-10-21(30)17-27(24)32-26)31-22-6-3-5-20(16-22)28(34)13-9-19-4-2-7-23(15-19)33(35)36/h3-18H,1-2H3,(H,32,33);2-17H,1H3,(H,31,32)/b15-11+;13-9+. The van der Waals surface area contributed by atoms with Gasteiger partial charge in [-0.1, -0.05) is 125 Å². The number of hydrogen-bond acceptors (Lipinski definition) is 8. The fourth-order valence-electron chi connectivity index (χ4n) is 8.08. The van der Waals surface area contributed by atoms with Gasteiger partial charge in [-0.3, -0.25) is 19.7 Å². The van der Waals surface area contributed by atoms with Crippen LogP contribution in [0.15, 0.2) is 182 Å². The highest BCUT2D eigenvalue weighted by Gasteiger charge is 2.14. The highest BCUT2D eigenvalue weighted by atomic mass is 35.5. The maximum Gasteiger partial charge on any atom is 0.270 e. The van der Waals surface area contributed by atoms with E-state index in [0.29, 0.717) is 26.7 Å². The van der Waals surface area contributed by atoms with E-state index in [4.69, 9.17) is 33.2 Å². The molecule has 0 aliphatic rings. The second-order valence-electron chi connectivity index (χ2n) is 16.9. The van der Waals surface area contributed by atoms with Gasteiger partial charge in [-0.05, 0) is 129 Å². The summed E-state index contributed by atoms with van der Waals surface area (Å²) < 4.78 is 0. The van der Waals surface area contributed by atoms with E-state index in [1.807, 2.05) is 135 Å². The maximum atomic E-state index is 12.9. The minimum absolute atomic E-state index is 0.0240. The third kappa shape index (κ3) is 10.8. The molecule has 0 saturated carbocycles. The zero-order valence-corrected chi connectivity index (χ0v) is 39.7. The Morgan fingerprint density at radius 3 is 1.46 bits per heavy atom. The molecule has 0 saturated heterocycles. The first-order chi connectivity index (χ1) is 33.8. The molecule has 11 heteroatoms. The Bertz CT molecular complexity index is 3760. The number of anilines is 4. The van der Waals surface area contributed by atoms with Crippen molar-refractivity contribution in [1.29, 1.82) is 0 Å². The molecule has 0 aliphatic heterocycles. The molecule has 0 fully saturated rings. The van der Waals surface area contributed by atoms with Crippen LogP contribution in [0.3, 0.4) is 0 Å². The van der Waals surface area contributed by atoms with Crippen molar-refractivity contribution < 1.29 is 14.5 Å². The second-order valence-corrected chi connectivity index (χ2v) is 17.8. The Hall–Kier alpha value is -8.50. The number of nitrogens with one attached hydrogen (secondary N) is 2. The van der Waals surface area contributed by atoms with Crippen LogP contribution in [0.4, 0.5) is 28.4 Å². The first kappa shape index (κ1) is 46.6. The van der Waals surface area contributed by atoms with Crippen LogP contribution >= 0.6 is 23.2 Å². The molecule has 0 spiro atoms. The van der Waals surface area contributed by atoms with Crippen LogP contribution in [-0.4, -0.2) is 26.5 Å². The van der Waals surface area contributed by atoms with Crippen molar-refractivity contribution >= 4 is 119 Å². The summed E-state index contributed by atoms with van der Waals surface area (Å²) in [5.74, 6) is -0.256. The molecule has 2 aromatic heterocycles. The Morgan fingerprint density at radius 1 is 0.486 bits per heavy atom. The van der Waals surface area contributed by atoms with Gasteiger partial charge in [0.25, 0.3) is 5.69 Å². The number of allylic oxidation sites excluding steroid dienone is 2. The summed E-state index contributed by atoms with van der Waals surface area (Å²) in [5, 5.41) is 23.2. The molecule has 0 unspecified atom stereocenters. The molecular weight excluding hydrogens is 914 g/mol. The topological polar surface area (TPSA) is 127 Å². The Morgan fingerprint density at radius 2 is 0.957 bits per heavy atom. The molecule has 10 rings (SSSR count). The lowest BCUT2D eigenvalue weighted by atomic mass is 10.0. The van der Waals surface area contributed by atoms with E-state index in [9.17, 15) is 19.7 Å². The Kier molecular flexibility index (Phi) is 13.6. The number of non-ortho nitro benzene ring substituents is 1. The lowest BCUT2D eigenvalue weighted by Gasteiger charge is -2.14. The van der Waals surface area contributed by atoms with Crippen LogP contribution in [0.2, 0.25) is 10.0 Å². The molecule has 10 aromatic rings. The van der Waals surface area contributed by atoms with Crippen LogP contribution in [-0.2, 0) is 0 Å². The number of hydrogen-bond donors (Lipinski definition) is 2. The second kappa shape index (κ2) is 20.4. The monoisotopic (exact) mass is 955 g/mol. The number of aryl methyl sites for hydroxylation is 3. The fourth-order valence-corrected chi connectivity index (χ4v) is 8.41. The van der Waals surface area contributed by atoms with E-state index in [-0.39, 0.29) is 17.3 Å². The normalized spacial score (nSPS) is 11.3. The molecule has 0 bridgehead atoms. The van der Waals surface area contributed by atoms with Crippen molar-refractivity contribution in [3.8, 4) is 0 Å². The average Bonchev–Trinajstić information content (AvgIpc) is 3.36. The number of nitrogens with zero attached hydrogens (tertiary/aromatic N) is 3. The number of ketones is 2. The Balaban J connectivity index is 0.000000174. The highest BCUT2D eigenvalue weighted by Crippen LogP contribution is 2.37. The van der Waals surface area contributed by atoms with Gasteiger partial charge in [0.2, 0.25) is 0 Å². The fraction of sp³-hybridized carbons (Fsp3) is 0.0508. The van der Waals surface area contributed by atoms with Gasteiger partial charge in [0, 0.05) is 66.2 Å². The quantitative estimate of drug-likeness (QED) is 0.0431. The van der Waals surface area contributed by atoms with Crippen LogP contribution in [0.5, 0.6) is 0 Å². The number of carbonyl (C=O) groups excluding carboxylic acids is 2. The SMILES string of the molecule is Cc1ccc(/C=C/C(=O)c2cccc(Nc3c4ccc(Cl)cc4nc4ccc(C)cc34)c2)cc1.Cc1ccc2nc3cc(Cl)ccc3c(Nc3cccc(C(=O)/C=C/c4cccc([N+](=O)[O-])c4)c3)c2c1. The summed E-state index contributed by atoms with van der Waals surface area (Å²) in [6.07, 6.45) is 6.46. The predicted molar refractivity (Wildman–Crippen MR) is 288 cm³/mol. The van der Waals surface area contributed by atoms with Gasteiger partial charge in [-0.15, -0.1) is 0 Å². The third-order valence-electron chi connectivity index (χ3n) is 11.6. The van der Waals surface area contributed by atoms with Gasteiger partial charge in [0.05, 0.1) is 38.4 Å². The van der Waals surface area contributed by atoms with E-state index in [2.05, 4.69) is 35.8 Å². The molecule has 9 nitrogen and oxygen atoms in total. The third-order valence-corrected chi connectivity index (χ3v) is 12.1. The molecular formula is C59H43Cl2N5O4. The average molecular weight is 957 g/mol. The number of benzene rings is 8. The number of pyridine rings is 2. The van der Waals surface area contributed by atoms with Gasteiger partial charge >= 0.3 is 0 Å². The molecule has 0 radical (unpaired) electrons. The molecule has 2 heterocycles. The van der Waals surface area contributed by atoms with E-state index < -0.39 is 4.92 Å². The summed E-state index contributed by atoms with van der Waals surface area (Å²) >= 11 is 12.5. The van der Waals surface area contributed by atoms with Gasteiger partial charge in [-0.2, -0.15) is 0 Å². The number of nitro benzene ring substituents is 1. The molecule has 70 heavy (non-hydrogen) atoms. The van der Waals surface area contributed by atoms with Gasteiger partial charge < -0.3 is 10.6 Å². The summed E-state index contributed by atoms with van der Waals surface area (Å²) in [4.78, 5) is 45.8.